The molecule has 0 aromatic rings. The van der Waals surface area contributed by atoms with Crippen molar-refractivity contribution in [1.29, 1.82) is 0 Å². The van der Waals surface area contributed by atoms with E-state index in [9.17, 15) is 4.79 Å². The standard InChI is InChI=1S/C21H32O/c1-14(22)17-9-10-18-16-8-7-15-6-4-5-12-20(15,2)19(16)11-13-21(17,18)3/h9,15-16,18-19H,4-8,10-13H2,1-3H3/t15-,16+,18+,19+,20-,21-/m0/s1. The first-order chi connectivity index (χ1) is 10.5. The summed E-state index contributed by atoms with van der Waals surface area (Å²) in [5, 5.41) is 0. The number of Topliss-reactive ketones (excluding diaryl/α,β-unsaturated/α-hetero) is 1. The van der Waals surface area contributed by atoms with Crippen LogP contribution in [0, 0.1) is 34.5 Å². The Balaban J connectivity index is 1.64. The molecule has 1 heteroatoms. The Labute approximate surface area is 135 Å². The van der Waals surface area contributed by atoms with Gasteiger partial charge < -0.3 is 0 Å². The Bertz CT molecular complexity index is 518. The van der Waals surface area contributed by atoms with Gasteiger partial charge in [-0.2, -0.15) is 0 Å². The monoisotopic (exact) mass is 300 g/mol. The van der Waals surface area contributed by atoms with Gasteiger partial charge in [0, 0.05) is 0 Å². The van der Waals surface area contributed by atoms with Gasteiger partial charge in [0.05, 0.1) is 0 Å². The quantitative estimate of drug-likeness (QED) is 0.621. The summed E-state index contributed by atoms with van der Waals surface area (Å²) in [6.07, 6.45) is 14.9. The van der Waals surface area contributed by atoms with Crippen molar-refractivity contribution in [2.75, 3.05) is 0 Å². The fourth-order valence-corrected chi connectivity index (χ4v) is 7.41. The molecule has 0 aromatic heterocycles. The fourth-order valence-electron chi connectivity index (χ4n) is 7.41. The highest BCUT2D eigenvalue weighted by Gasteiger charge is 2.58. The Morgan fingerprint density at radius 1 is 1.05 bits per heavy atom. The highest BCUT2D eigenvalue weighted by atomic mass is 16.1. The molecule has 0 heterocycles. The van der Waals surface area contributed by atoms with Gasteiger partial charge in [-0.3, -0.25) is 4.79 Å². The lowest BCUT2D eigenvalue weighted by atomic mass is 9.45. The van der Waals surface area contributed by atoms with E-state index in [1.54, 1.807) is 6.92 Å². The van der Waals surface area contributed by atoms with Crippen molar-refractivity contribution < 1.29 is 4.79 Å². The van der Waals surface area contributed by atoms with E-state index in [0.717, 1.165) is 23.7 Å². The van der Waals surface area contributed by atoms with Gasteiger partial charge >= 0.3 is 0 Å². The number of carbonyl (C=O) groups excluding carboxylic acids is 1. The maximum absolute atomic E-state index is 12.1. The van der Waals surface area contributed by atoms with Crippen molar-refractivity contribution in [2.45, 2.75) is 78.6 Å². The molecular formula is C21H32O. The van der Waals surface area contributed by atoms with E-state index in [4.69, 9.17) is 0 Å². The fraction of sp³-hybridized carbons (Fsp3) is 0.857. The first kappa shape index (κ1) is 15.0. The van der Waals surface area contributed by atoms with Crippen LogP contribution in [0.15, 0.2) is 11.6 Å². The number of fused-ring (bicyclic) bond motifs is 5. The third kappa shape index (κ3) is 1.86. The van der Waals surface area contributed by atoms with Gasteiger partial charge in [0.25, 0.3) is 0 Å². The van der Waals surface area contributed by atoms with E-state index in [1.165, 1.54) is 63.4 Å². The molecular weight excluding hydrogens is 268 g/mol. The Hall–Kier alpha value is -0.590. The van der Waals surface area contributed by atoms with Crippen molar-refractivity contribution in [3.8, 4) is 0 Å². The van der Waals surface area contributed by atoms with Gasteiger partial charge in [-0.25, -0.2) is 0 Å². The average Bonchev–Trinajstić information content (AvgIpc) is 2.84. The van der Waals surface area contributed by atoms with Crippen LogP contribution in [0.5, 0.6) is 0 Å². The largest absolute Gasteiger partial charge is 0.295 e. The summed E-state index contributed by atoms with van der Waals surface area (Å²) in [6.45, 7) is 6.82. The molecule has 22 heavy (non-hydrogen) atoms. The first-order valence-corrected chi connectivity index (χ1v) is 9.68. The molecule has 0 saturated heterocycles. The summed E-state index contributed by atoms with van der Waals surface area (Å²) in [5.41, 5.74) is 1.98. The molecule has 0 bridgehead atoms. The van der Waals surface area contributed by atoms with E-state index in [0.29, 0.717) is 11.2 Å². The highest BCUT2D eigenvalue weighted by molar-refractivity contribution is 5.95. The van der Waals surface area contributed by atoms with Gasteiger partial charge in [0.2, 0.25) is 0 Å². The number of carbonyl (C=O) groups is 1. The van der Waals surface area contributed by atoms with Crippen LogP contribution in [0.3, 0.4) is 0 Å². The molecule has 1 nitrogen and oxygen atoms in total. The second-order valence-corrected chi connectivity index (χ2v) is 9.27. The molecule has 3 fully saturated rings. The molecule has 4 aliphatic carbocycles. The zero-order valence-corrected chi connectivity index (χ0v) is 14.7. The molecule has 0 aromatic carbocycles. The summed E-state index contributed by atoms with van der Waals surface area (Å²) in [4.78, 5) is 12.1. The normalized spacial score (nSPS) is 50.6. The molecule has 3 saturated carbocycles. The Morgan fingerprint density at radius 3 is 2.64 bits per heavy atom. The second-order valence-electron chi connectivity index (χ2n) is 9.27. The molecule has 0 unspecified atom stereocenters. The smallest absolute Gasteiger partial charge is 0.156 e. The predicted octanol–water partition coefficient (Wildman–Crippen LogP) is 5.54. The van der Waals surface area contributed by atoms with Crippen LogP contribution in [-0.4, -0.2) is 5.78 Å². The molecule has 0 radical (unpaired) electrons. The summed E-state index contributed by atoms with van der Waals surface area (Å²) in [7, 11) is 0. The van der Waals surface area contributed by atoms with E-state index >= 15 is 0 Å². The third-order valence-corrected chi connectivity index (χ3v) is 8.54. The van der Waals surface area contributed by atoms with Gasteiger partial charge in [-0.05, 0) is 91.9 Å². The van der Waals surface area contributed by atoms with Gasteiger partial charge in [0.1, 0.15) is 0 Å². The van der Waals surface area contributed by atoms with E-state index < -0.39 is 0 Å². The zero-order chi connectivity index (χ0) is 15.5. The lowest BCUT2D eigenvalue weighted by Gasteiger charge is -2.60. The molecule has 0 N–H and O–H groups in total. The van der Waals surface area contributed by atoms with Crippen LogP contribution in [0.25, 0.3) is 0 Å². The van der Waals surface area contributed by atoms with Crippen molar-refractivity contribution in [2.24, 2.45) is 34.5 Å². The van der Waals surface area contributed by atoms with Gasteiger partial charge in [0.15, 0.2) is 5.78 Å². The number of allylic oxidation sites excluding steroid dienone is 2. The SMILES string of the molecule is CC(=O)C1=CC[C@@H]2[C@H]3CC[C@@H]4CCCC[C@]4(C)[C@@H]3CC[C@@]12C. The topological polar surface area (TPSA) is 17.1 Å². The molecule has 0 aliphatic heterocycles. The molecule has 4 rings (SSSR count). The van der Waals surface area contributed by atoms with Gasteiger partial charge in [-0.1, -0.05) is 32.8 Å². The van der Waals surface area contributed by atoms with Crippen LogP contribution < -0.4 is 0 Å². The van der Waals surface area contributed by atoms with Crippen molar-refractivity contribution in [3.63, 3.8) is 0 Å². The van der Waals surface area contributed by atoms with Crippen LogP contribution >= 0.6 is 0 Å². The van der Waals surface area contributed by atoms with Crippen molar-refractivity contribution in [1.82, 2.24) is 0 Å². The maximum atomic E-state index is 12.1. The van der Waals surface area contributed by atoms with Crippen LogP contribution in [0.4, 0.5) is 0 Å². The van der Waals surface area contributed by atoms with Gasteiger partial charge in [-0.15, -0.1) is 0 Å². The number of hydrogen-bond donors (Lipinski definition) is 0. The maximum Gasteiger partial charge on any atom is 0.156 e. The molecule has 0 amide bonds. The molecule has 4 aliphatic rings. The minimum atomic E-state index is 0.199. The highest BCUT2D eigenvalue weighted by Crippen LogP contribution is 2.66. The summed E-state index contributed by atoms with van der Waals surface area (Å²) < 4.78 is 0. The molecule has 0 spiro atoms. The predicted molar refractivity (Wildman–Crippen MR) is 90.5 cm³/mol. The van der Waals surface area contributed by atoms with Crippen molar-refractivity contribution >= 4 is 5.78 Å². The lowest BCUT2D eigenvalue weighted by Crippen LogP contribution is -2.52. The summed E-state index contributed by atoms with van der Waals surface area (Å²) in [5.74, 6) is 3.90. The lowest BCUT2D eigenvalue weighted by molar-refractivity contribution is -0.118. The Morgan fingerprint density at radius 2 is 1.86 bits per heavy atom. The van der Waals surface area contributed by atoms with E-state index in [2.05, 4.69) is 19.9 Å². The molecule has 122 valence electrons. The van der Waals surface area contributed by atoms with Crippen LogP contribution in [0.1, 0.15) is 78.6 Å². The van der Waals surface area contributed by atoms with Crippen LogP contribution in [0.2, 0.25) is 0 Å². The zero-order valence-electron chi connectivity index (χ0n) is 14.7. The number of hydrogen-bond acceptors (Lipinski definition) is 1. The summed E-state index contributed by atoms with van der Waals surface area (Å²) >= 11 is 0. The summed E-state index contributed by atoms with van der Waals surface area (Å²) in [6, 6.07) is 0. The van der Waals surface area contributed by atoms with Crippen molar-refractivity contribution in [3.05, 3.63) is 11.6 Å². The third-order valence-electron chi connectivity index (χ3n) is 8.54. The molecule has 6 atom stereocenters. The first-order valence-electron chi connectivity index (χ1n) is 9.68. The average molecular weight is 300 g/mol. The van der Waals surface area contributed by atoms with E-state index in [-0.39, 0.29) is 5.41 Å². The van der Waals surface area contributed by atoms with Crippen LogP contribution in [-0.2, 0) is 4.79 Å². The minimum Gasteiger partial charge on any atom is -0.295 e. The Kier molecular flexibility index (Phi) is 3.37. The second kappa shape index (κ2) is 4.95. The minimum absolute atomic E-state index is 0.199. The van der Waals surface area contributed by atoms with E-state index in [1.807, 2.05) is 0 Å². The number of rotatable bonds is 1. The number of ketones is 1.